The van der Waals surface area contributed by atoms with Crippen LogP contribution in [0.15, 0.2) is 11.6 Å². The van der Waals surface area contributed by atoms with Gasteiger partial charge >= 0.3 is 0 Å². The number of ether oxygens (including phenoxy) is 1. The van der Waals surface area contributed by atoms with E-state index in [4.69, 9.17) is 4.74 Å². The summed E-state index contributed by atoms with van der Waals surface area (Å²) >= 11 is 0. The van der Waals surface area contributed by atoms with E-state index in [0.717, 1.165) is 24.1 Å². The SMILES string of the molecule is COc1n[nH]c2c1CC[C@H]1C(C)(C)C(=O)C(C)=C[C@]21C. The summed E-state index contributed by atoms with van der Waals surface area (Å²) < 4.78 is 5.35. The lowest BCUT2D eigenvalue weighted by atomic mass is 9.52. The zero-order valence-corrected chi connectivity index (χ0v) is 12.8. The Balaban J connectivity index is 2.22. The fraction of sp³-hybridized carbons (Fsp3) is 0.625. The van der Waals surface area contributed by atoms with E-state index in [1.54, 1.807) is 7.11 Å². The van der Waals surface area contributed by atoms with E-state index >= 15 is 0 Å². The maximum Gasteiger partial charge on any atom is 0.235 e. The summed E-state index contributed by atoms with van der Waals surface area (Å²) in [6.07, 6.45) is 4.03. The van der Waals surface area contributed by atoms with Gasteiger partial charge in [0.2, 0.25) is 5.88 Å². The van der Waals surface area contributed by atoms with Crippen LogP contribution >= 0.6 is 0 Å². The molecule has 4 heteroatoms. The number of methoxy groups -OCH3 is 1. The predicted molar refractivity (Wildman–Crippen MR) is 76.8 cm³/mol. The summed E-state index contributed by atoms with van der Waals surface area (Å²) in [4.78, 5) is 12.5. The van der Waals surface area contributed by atoms with Gasteiger partial charge in [0, 0.05) is 16.4 Å². The molecule has 2 atom stereocenters. The first-order valence-corrected chi connectivity index (χ1v) is 7.18. The van der Waals surface area contributed by atoms with Crippen LogP contribution in [0.1, 0.15) is 45.4 Å². The van der Waals surface area contributed by atoms with E-state index in [-0.39, 0.29) is 16.6 Å². The predicted octanol–water partition coefficient (Wildman–Crippen LogP) is 2.79. The van der Waals surface area contributed by atoms with Crippen LogP contribution in [-0.4, -0.2) is 23.1 Å². The lowest BCUT2D eigenvalue weighted by Crippen LogP contribution is -2.50. The number of Topliss-reactive ketones (excluding diaryl/α,β-unsaturated/α-hetero) is 1. The van der Waals surface area contributed by atoms with Crippen molar-refractivity contribution in [3.05, 3.63) is 22.9 Å². The number of hydrogen-bond acceptors (Lipinski definition) is 3. The smallest absolute Gasteiger partial charge is 0.235 e. The largest absolute Gasteiger partial charge is 0.480 e. The molecule has 0 fully saturated rings. The van der Waals surface area contributed by atoms with Gasteiger partial charge in [-0.15, -0.1) is 5.10 Å². The molecule has 3 rings (SSSR count). The molecule has 0 bridgehead atoms. The molecule has 1 heterocycles. The Bertz CT molecular complexity index is 612. The molecular weight excluding hydrogens is 252 g/mol. The average Bonchev–Trinajstić information content (AvgIpc) is 2.80. The first kappa shape index (κ1) is 13.4. The van der Waals surface area contributed by atoms with Crippen molar-refractivity contribution in [3.8, 4) is 5.88 Å². The Morgan fingerprint density at radius 2 is 2.10 bits per heavy atom. The molecule has 0 unspecified atom stereocenters. The van der Waals surface area contributed by atoms with E-state index in [1.807, 2.05) is 6.92 Å². The first-order valence-electron chi connectivity index (χ1n) is 7.18. The highest BCUT2D eigenvalue weighted by Gasteiger charge is 2.54. The second-order valence-corrected chi connectivity index (χ2v) is 6.84. The quantitative estimate of drug-likeness (QED) is 0.856. The third-order valence-corrected chi connectivity index (χ3v) is 5.30. The molecule has 1 aromatic rings. The highest BCUT2D eigenvalue weighted by molar-refractivity contribution is 6.00. The number of carbonyl (C=O) groups is 1. The topological polar surface area (TPSA) is 55.0 Å². The minimum absolute atomic E-state index is 0.168. The first-order chi connectivity index (χ1) is 9.32. The van der Waals surface area contributed by atoms with Crippen LogP contribution in [-0.2, 0) is 16.6 Å². The van der Waals surface area contributed by atoms with Crippen molar-refractivity contribution in [3.63, 3.8) is 0 Å². The Morgan fingerprint density at radius 3 is 2.75 bits per heavy atom. The number of fused-ring (bicyclic) bond motifs is 3. The molecule has 0 saturated carbocycles. The van der Waals surface area contributed by atoms with E-state index in [0.29, 0.717) is 11.8 Å². The monoisotopic (exact) mass is 274 g/mol. The molecule has 20 heavy (non-hydrogen) atoms. The van der Waals surface area contributed by atoms with Crippen LogP contribution < -0.4 is 4.74 Å². The molecule has 0 amide bonds. The van der Waals surface area contributed by atoms with Gasteiger partial charge in [0.25, 0.3) is 0 Å². The molecule has 0 aliphatic heterocycles. The van der Waals surface area contributed by atoms with E-state index < -0.39 is 0 Å². The van der Waals surface area contributed by atoms with Crippen LogP contribution in [0.3, 0.4) is 0 Å². The van der Waals surface area contributed by atoms with Crippen LogP contribution in [0.2, 0.25) is 0 Å². The number of nitrogens with zero attached hydrogens (tertiary/aromatic N) is 1. The van der Waals surface area contributed by atoms with Gasteiger partial charge in [-0.05, 0) is 31.3 Å². The average molecular weight is 274 g/mol. The van der Waals surface area contributed by atoms with Gasteiger partial charge in [-0.25, -0.2) is 0 Å². The van der Waals surface area contributed by atoms with Crippen molar-refractivity contribution >= 4 is 5.78 Å². The molecule has 0 spiro atoms. The summed E-state index contributed by atoms with van der Waals surface area (Å²) in [5.74, 6) is 1.26. The molecule has 2 aliphatic rings. The third-order valence-electron chi connectivity index (χ3n) is 5.30. The molecule has 0 radical (unpaired) electrons. The van der Waals surface area contributed by atoms with Gasteiger partial charge in [-0.1, -0.05) is 26.8 Å². The summed E-state index contributed by atoms with van der Waals surface area (Å²) in [5.41, 5.74) is 2.64. The Kier molecular flexibility index (Phi) is 2.66. The molecule has 1 N–H and O–H groups in total. The van der Waals surface area contributed by atoms with Crippen molar-refractivity contribution in [2.45, 2.75) is 46.0 Å². The van der Waals surface area contributed by atoms with Gasteiger partial charge in [0.1, 0.15) is 0 Å². The Morgan fingerprint density at radius 1 is 1.40 bits per heavy atom. The molecule has 0 saturated heterocycles. The molecule has 4 nitrogen and oxygen atoms in total. The van der Waals surface area contributed by atoms with Crippen LogP contribution in [0.5, 0.6) is 5.88 Å². The minimum Gasteiger partial charge on any atom is -0.480 e. The third kappa shape index (κ3) is 1.48. The van der Waals surface area contributed by atoms with Crippen molar-refractivity contribution in [1.82, 2.24) is 10.2 Å². The number of rotatable bonds is 1. The Labute approximate surface area is 119 Å². The van der Waals surface area contributed by atoms with Gasteiger partial charge < -0.3 is 4.74 Å². The molecule has 108 valence electrons. The van der Waals surface area contributed by atoms with E-state index in [1.165, 1.54) is 5.56 Å². The lowest BCUT2D eigenvalue weighted by molar-refractivity contribution is -0.128. The van der Waals surface area contributed by atoms with Crippen molar-refractivity contribution in [2.75, 3.05) is 7.11 Å². The van der Waals surface area contributed by atoms with Gasteiger partial charge in [-0.3, -0.25) is 9.89 Å². The second-order valence-electron chi connectivity index (χ2n) is 6.84. The van der Waals surface area contributed by atoms with E-state index in [2.05, 4.69) is 37.0 Å². The number of carbonyl (C=O) groups excluding carboxylic acids is 1. The zero-order valence-electron chi connectivity index (χ0n) is 12.8. The number of nitrogens with one attached hydrogen (secondary N) is 1. The molecular formula is C16H22N2O2. The van der Waals surface area contributed by atoms with Gasteiger partial charge in [-0.2, -0.15) is 0 Å². The molecule has 1 aromatic heterocycles. The normalized spacial score (nSPS) is 31.4. The lowest BCUT2D eigenvalue weighted by Gasteiger charge is -2.50. The molecule has 2 aliphatic carbocycles. The van der Waals surface area contributed by atoms with Crippen molar-refractivity contribution in [1.29, 1.82) is 0 Å². The second kappa shape index (κ2) is 3.96. The number of aromatic amines is 1. The number of aromatic nitrogens is 2. The van der Waals surface area contributed by atoms with Crippen LogP contribution in [0, 0.1) is 11.3 Å². The minimum atomic E-state index is -0.330. The Hall–Kier alpha value is -1.58. The summed E-state index contributed by atoms with van der Waals surface area (Å²) in [5, 5.41) is 7.44. The molecule has 0 aromatic carbocycles. The number of hydrogen-bond donors (Lipinski definition) is 1. The standard InChI is InChI=1S/C16H22N2O2/c1-9-8-16(4)11(15(2,3)13(9)19)7-6-10-12(16)17-18-14(10)20-5/h8,11H,6-7H2,1-5H3,(H,17,18)/t11-,16-/m0/s1. The van der Waals surface area contributed by atoms with Gasteiger partial charge in [0.05, 0.1) is 12.8 Å². The van der Waals surface area contributed by atoms with Crippen molar-refractivity contribution in [2.24, 2.45) is 11.3 Å². The zero-order chi connectivity index (χ0) is 14.7. The number of ketones is 1. The van der Waals surface area contributed by atoms with E-state index in [9.17, 15) is 4.79 Å². The number of allylic oxidation sites excluding steroid dienone is 2. The van der Waals surface area contributed by atoms with Gasteiger partial charge in [0.15, 0.2) is 5.78 Å². The maximum atomic E-state index is 12.5. The summed E-state index contributed by atoms with van der Waals surface area (Å²) in [6.45, 7) is 8.29. The fourth-order valence-electron chi connectivity index (χ4n) is 4.42. The highest BCUT2D eigenvalue weighted by atomic mass is 16.5. The summed E-state index contributed by atoms with van der Waals surface area (Å²) in [7, 11) is 1.65. The van der Waals surface area contributed by atoms with Crippen molar-refractivity contribution < 1.29 is 9.53 Å². The highest BCUT2D eigenvalue weighted by Crippen LogP contribution is 2.54. The van der Waals surface area contributed by atoms with Crippen LogP contribution in [0.25, 0.3) is 0 Å². The van der Waals surface area contributed by atoms with Crippen LogP contribution in [0.4, 0.5) is 0 Å². The number of H-pyrrole nitrogens is 1. The maximum absolute atomic E-state index is 12.5. The summed E-state index contributed by atoms with van der Waals surface area (Å²) in [6, 6.07) is 0. The fourth-order valence-corrected chi connectivity index (χ4v) is 4.42.